The lowest BCUT2D eigenvalue weighted by molar-refractivity contribution is 0.525. The zero-order valence-corrected chi connectivity index (χ0v) is 14.7. The molecule has 1 N–H and O–H groups in total. The van der Waals surface area contributed by atoms with Crippen LogP contribution in [0.25, 0.3) is 6.08 Å². The van der Waals surface area contributed by atoms with Crippen LogP contribution in [0.5, 0.6) is 0 Å². The summed E-state index contributed by atoms with van der Waals surface area (Å²) in [7, 11) is 0. The van der Waals surface area contributed by atoms with Crippen LogP contribution in [0.4, 0.5) is 5.69 Å². The summed E-state index contributed by atoms with van der Waals surface area (Å²) in [6, 6.07) is 12.0. The van der Waals surface area contributed by atoms with Gasteiger partial charge in [-0.25, -0.2) is 0 Å². The fourth-order valence-corrected chi connectivity index (χ4v) is 3.24. The molecule has 0 fully saturated rings. The van der Waals surface area contributed by atoms with Crippen LogP contribution < -0.4 is 0 Å². The third-order valence-corrected chi connectivity index (χ3v) is 4.83. The molecule has 0 unspecified atom stereocenters. The number of hydrogen-bond acceptors (Lipinski definition) is 4. The minimum atomic E-state index is 0.825. The van der Waals surface area contributed by atoms with Gasteiger partial charge in [-0.05, 0) is 57.2 Å². The number of hydrogen-bond donors (Lipinski definition) is 1. The van der Waals surface area contributed by atoms with Gasteiger partial charge in [0.15, 0.2) is 0 Å². The first-order chi connectivity index (χ1) is 11.6. The molecule has 0 aliphatic carbocycles. The molecule has 0 aliphatic rings. The Morgan fingerprint density at radius 1 is 1.12 bits per heavy atom. The van der Waals surface area contributed by atoms with Gasteiger partial charge in [-0.15, -0.1) is 0 Å². The monoisotopic (exact) mass is 337 g/mol. The number of allylic oxidation sites excluding steroid dienone is 1. The summed E-state index contributed by atoms with van der Waals surface area (Å²) in [5.74, 6) is 1.73. The Kier molecular flexibility index (Phi) is 5.01. The third kappa shape index (κ3) is 3.86. The van der Waals surface area contributed by atoms with Gasteiger partial charge in [0.1, 0.15) is 11.5 Å². The van der Waals surface area contributed by atoms with Gasteiger partial charge in [-0.1, -0.05) is 23.9 Å². The summed E-state index contributed by atoms with van der Waals surface area (Å²) in [5.41, 5.74) is 3.01. The fraction of sp³-hybridized carbons (Fsp3) is 0.158. The van der Waals surface area contributed by atoms with Crippen molar-refractivity contribution in [3.8, 4) is 0 Å². The lowest BCUT2D eigenvalue weighted by Crippen LogP contribution is -1.79. The third-order valence-electron chi connectivity index (χ3n) is 3.46. The highest BCUT2D eigenvalue weighted by Crippen LogP contribution is 2.37. The van der Waals surface area contributed by atoms with Crippen LogP contribution in [0.1, 0.15) is 22.9 Å². The molecule has 5 heteroatoms. The molecule has 0 spiro atoms. The van der Waals surface area contributed by atoms with Crippen molar-refractivity contribution in [3.63, 3.8) is 0 Å². The van der Waals surface area contributed by atoms with Gasteiger partial charge in [-0.2, -0.15) is 5.10 Å². The summed E-state index contributed by atoms with van der Waals surface area (Å²) >= 11 is 1.68. The Balaban J connectivity index is 1.76. The average Bonchev–Trinajstić information content (AvgIpc) is 3.13. The number of aromatic amines is 1. The van der Waals surface area contributed by atoms with E-state index in [1.165, 1.54) is 0 Å². The van der Waals surface area contributed by atoms with E-state index in [1.54, 1.807) is 18.0 Å². The lowest BCUT2D eigenvalue weighted by atomic mass is 10.3. The number of furan rings is 1. The number of nitrogens with zero attached hydrogens (tertiary/aromatic N) is 2. The van der Waals surface area contributed by atoms with Crippen molar-refractivity contribution in [1.82, 2.24) is 10.2 Å². The predicted molar refractivity (Wildman–Crippen MR) is 99.3 cm³/mol. The average molecular weight is 337 g/mol. The molecule has 0 aliphatic heterocycles. The Hall–Kier alpha value is -2.53. The van der Waals surface area contributed by atoms with Crippen LogP contribution in [0.2, 0.25) is 0 Å². The highest BCUT2D eigenvalue weighted by Gasteiger charge is 2.10. The van der Waals surface area contributed by atoms with E-state index in [2.05, 4.69) is 21.3 Å². The van der Waals surface area contributed by atoms with E-state index in [4.69, 9.17) is 4.42 Å². The molecule has 0 amide bonds. The second kappa shape index (κ2) is 7.36. The number of aromatic nitrogens is 2. The maximum absolute atomic E-state index is 5.49. The second-order valence-corrected chi connectivity index (χ2v) is 6.47. The summed E-state index contributed by atoms with van der Waals surface area (Å²) < 4.78 is 5.49. The van der Waals surface area contributed by atoms with E-state index in [0.29, 0.717) is 0 Å². The van der Waals surface area contributed by atoms with Gasteiger partial charge in [0.2, 0.25) is 0 Å². The van der Waals surface area contributed by atoms with Crippen molar-refractivity contribution >= 4 is 29.7 Å². The SMILES string of the molecule is Cc1ccc(/C=C/C=Nc2ccccc2Sc2c(C)n[nH]c2C)o1. The topological polar surface area (TPSA) is 54.2 Å². The molecule has 1 aromatic carbocycles. The molecule has 0 saturated heterocycles. The molecule has 2 aromatic heterocycles. The summed E-state index contributed by atoms with van der Waals surface area (Å²) in [4.78, 5) is 6.82. The summed E-state index contributed by atoms with van der Waals surface area (Å²) in [5, 5.41) is 7.27. The van der Waals surface area contributed by atoms with Crippen LogP contribution in [-0.2, 0) is 0 Å². The van der Waals surface area contributed by atoms with E-state index in [0.717, 1.165) is 38.4 Å². The molecule has 24 heavy (non-hydrogen) atoms. The number of aliphatic imine (C=N–C) groups is 1. The maximum atomic E-state index is 5.49. The van der Waals surface area contributed by atoms with Crippen LogP contribution >= 0.6 is 11.8 Å². The number of aryl methyl sites for hydroxylation is 3. The highest BCUT2D eigenvalue weighted by atomic mass is 32.2. The minimum absolute atomic E-state index is 0.825. The quantitative estimate of drug-likeness (QED) is 0.626. The van der Waals surface area contributed by atoms with Crippen LogP contribution in [-0.4, -0.2) is 16.4 Å². The van der Waals surface area contributed by atoms with E-state index < -0.39 is 0 Å². The molecule has 0 atom stereocenters. The largest absolute Gasteiger partial charge is 0.462 e. The molecule has 3 aromatic rings. The van der Waals surface area contributed by atoms with Gasteiger partial charge in [0.05, 0.1) is 16.3 Å². The molecule has 0 radical (unpaired) electrons. The van der Waals surface area contributed by atoms with Crippen molar-refractivity contribution in [2.75, 3.05) is 0 Å². The number of nitrogens with one attached hydrogen (secondary N) is 1. The Labute approximate surface area is 145 Å². The number of benzene rings is 1. The zero-order chi connectivity index (χ0) is 16.9. The van der Waals surface area contributed by atoms with E-state index in [9.17, 15) is 0 Å². The Morgan fingerprint density at radius 3 is 2.67 bits per heavy atom. The molecule has 0 bridgehead atoms. The standard InChI is InChI=1S/C19H19N3OS/c1-13-10-11-16(23-13)7-6-12-20-17-8-4-5-9-18(17)24-19-14(2)21-22-15(19)3/h4-12H,1-3H3,(H,21,22)/b7-6+,20-12?. The van der Waals surface area contributed by atoms with Gasteiger partial charge < -0.3 is 4.42 Å². The van der Waals surface area contributed by atoms with Crippen molar-refractivity contribution in [3.05, 3.63) is 65.4 Å². The number of H-pyrrole nitrogens is 1. The first kappa shape index (κ1) is 16.3. The van der Waals surface area contributed by atoms with E-state index in [1.807, 2.05) is 63.3 Å². The maximum Gasteiger partial charge on any atom is 0.127 e. The molecule has 4 nitrogen and oxygen atoms in total. The van der Waals surface area contributed by atoms with Gasteiger partial charge in [0, 0.05) is 16.8 Å². The smallest absolute Gasteiger partial charge is 0.127 e. The van der Waals surface area contributed by atoms with Crippen molar-refractivity contribution < 1.29 is 4.42 Å². The molecular weight excluding hydrogens is 318 g/mol. The van der Waals surface area contributed by atoms with E-state index in [-0.39, 0.29) is 0 Å². The fourth-order valence-electron chi connectivity index (χ4n) is 2.26. The van der Waals surface area contributed by atoms with Crippen LogP contribution in [0, 0.1) is 20.8 Å². The van der Waals surface area contributed by atoms with Gasteiger partial charge >= 0.3 is 0 Å². The normalized spacial score (nSPS) is 11.8. The van der Waals surface area contributed by atoms with Crippen molar-refractivity contribution in [2.24, 2.45) is 4.99 Å². The van der Waals surface area contributed by atoms with Gasteiger partial charge in [-0.3, -0.25) is 10.1 Å². The van der Waals surface area contributed by atoms with Crippen molar-refractivity contribution in [1.29, 1.82) is 0 Å². The first-order valence-electron chi connectivity index (χ1n) is 7.69. The lowest BCUT2D eigenvalue weighted by Gasteiger charge is -2.05. The second-order valence-electron chi connectivity index (χ2n) is 5.42. The summed E-state index contributed by atoms with van der Waals surface area (Å²) in [6.07, 6.45) is 5.57. The minimum Gasteiger partial charge on any atom is -0.462 e. The van der Waals surface area contributed by atoms with Crippen LogP contribution in [0.15, 0.2) is 61.7 Å². The number of para-hydroxylation sites is 1. The molecule has 3 rings (SSSR count). The van der Waals surface area contributed by atoms with Gasteiger partial charge in [0.25, 0.3) is 0 Å². The van der Waals surface area contributed by atoms with Crippen LogP contribution in [0.3, 0.4) is 0 Å². The first-order valence-corrected chi connectivity index (χ1v) is 8.51. The molecule has 122 valence electrons. The van der Waals surface area contributed by atoms with E-state index >= 15 is 0 Å². The predicted octanol–water partition coefficient (Wildman–Crippen LogP) is 5.49. The molecular formula is C19H19N3OS. The highest BCUT2D eigenvalue weighted by molar-refractivity contribution is 7.99. The molecule has 2 heterocycles. The molecule has 0 saturated carbocycles. The zero-order valence-electron chi connectivity index (χ0n) is 13.9. The summed E-state index contributed by atoms with van der Waals surface area (Å²) in [6.45, 7) is 5.97. The Morgan fingerprint density at radius 2 is 1.96 bits per heavy atom. The Bertz CT molecular complexity index is 870. The van der Waals surface area contributed by atoms with Crippen molar-refractivity contribution in [2.45, 2.75) is 30.6 Å². The number of rotatable bonds is 5.